The van der Waals surface area contributed by atoms with E-state index in [1.165, 1.54) is 30.0 Å². The molecule has 0 saturated carbocycles. The third-order valence-corrected chi connectivity index (χ3v) is 3.62. The quantitative estimate of drug-likeness (QED) is 0.899. The normalized spacial score (nSPS) is 12.4. The molecule has 0 heterocycles. The number of aliphatic hydroxyl groups excluding tert-OH is 1. The van der Waals surface area contributed by atoms with E-state index in [2.05, 4.69) is 0 Å². The molecular formula is C14H12F2OS. The van der Waals surface area contributed by atoms with Gasteiger partial charge in [0.05, 0.1) is 11.0 Å². The third-order valence-electron chi connectivity index (χ3n) is 2.48. The highest BCUT2D eigenvalue weighted by Crippen LogP contribution is 2.35. The van der Waals surface area contributed by atoms with Crippen LogP contribution >= 0.6 is 11.8 Å². The lowest BCUT2D eigenvalue weighted by Gasteiger charge is -2.12. The van der Waals surface area contributed by atoms with Crippen molar-refractivity contribution in [3.63, 3.8) is 0 Å². The number of aliphatic hydroxyl groups is 1. The van der Waals surface area contributed by atoms with Gasteiger partial charge in [-0.05, 0) is 42.8 Å². The van der Waals surface area contributed by atoms with Crippen molar-refractivity contribution in [2.24, 2.45) is 0 Å². The summed E-state index contributed by atoms with van der Waals surface area (Å²) in [6, 6.07) is 10.4. The first-order chi connectivity index (χ1) is 8.58. The molecule has 0 fully saturated rings. The molecule has 2 aromatic carbocycles. The van der Waals surface area contributed by atoms with Crippen LogP contribution < -0.4 is 0 Å². The van der Waals surface area contributed by atoms with Gasteiger partial charge in [0.2, 0.25) is 0 Å². The Kier molecular flexibility index (Phi) is 3.99. The standard InChI is InChI=1S/C14H12F2OS/c1-9(17)12-3-2-4-13(16)14(12)18-11-7-5-10(15)6-8-11/h2-9,17H,1H3. The van der Waals surface area contributed by atoms with Gasteiger partial charge >= 0.3 is 0 Å². The van der Waals surface area contributed by atoms with Crippen LogP contribution in [0.1, 0.15) is 18.6 Å². The van der Waals surface area contributed by atoms with E-state index in [1.54, 1.807) is 31.2 Å². The zero-order valence-corrected chi connectivity index (χ0v) is 10.5. The van der Waals surface area contributed by atoms with Crippen LogP contribution in [0.3, 0.4) is 0 Å². The lowest BCUT2D eigenvalue weighted by Crippen LogP contribution is -1.96. The first kappa shape index (κ1) is 13.1. The van der Waals surface area contributed by atoms with E-state index >= 15 is 0 Å². The second-order valence-electron chi connectivity index (χ2n) is 3.89. The summed E-state index contributed by atoms with van der Waals surface area (Å²) >= 11 is 1.18. The van der Waals surface area contributed by atoms with Gasteiger partial charge in [0, 0.05) is 4.90 Å². The Balaban J connectivity index is 2.36. The molecule has 1 N–H and O–H groups in total. The molecule has 1 nitrogen and oxygen atoms in total. The fourth-order valence-electron chi connectivity index (χ4n) is 1.58. The number of benzene rings is 2. The smallest absolute Gasteiger partial charge is 0.137 e. The Labute approximate surface area is 108 Å². The Morgan fingerprint density at radius 3 is 2.33 bits per heavy atom. The largest absolute Gasteiger partial charge is 0.389 e. The Bertz CT molecular complexity index is 538. The SMILES string of the molecule is CC(O)c1cccc(F)c1Sc1ccc(F)cc1. The van der Waals surface area contributed by atoms with E-state index in [0.717, 1.165) is 4.90 Å². The second-order valence-corrected chi connectivity index (χ2v) is 4.97. The summed E-state index contributed by atoms with van der Waals surface area (Å²) in [5.74, 6) is -0.716. The lowest BCUT2D eigenvalue weighted by molar-refractivity contribution is 0.195. The van der Waals surface area contributed by atoms with Crippen molar-refractivity contribution >= 4 is 11.8 Å². The number of halogens is 2. The molecule has 0 aliphatic carbocycles. The van der Waals surface area contributed by atoms with Crippen LogP contribution in [0.15, 0.2) is 52.3 Å². The highest BCUT2D eigenvalue weighted by Gasteiger charge is 2.13. The van der Waals surface area contributed by atoms with Crippen LogP contribution in [0, 0.1) is 11.6 Å². The van der Waals surface area contributed by atoms with Crippen LogP contribution in [0.5, 0.6) is 0 Å². The van der Waals surface area contributed by atoms with Gasteiger partial charge in [-0.2, -0.15) is 0 Å². The van der Waals surface area contributed by atoms with Crippen molar-refractivity contribution in [1.82, 2.24) is 0 Å². The molecule has 1 unspecified atom stereocenters. The Morgan fingerprint density at radius 1 is 1.06 bits per heavy atom. The molecule has 0 bridgehead atoms. The summed E-state index contributed by atoms with van der Waals surface area (Å²) in [6.45, 7) is 1.59. The van der Waals surface area contributed by atoms with E-state index in [4.69, 9.17) is 0 Å². The average Bonchev–Trinajstić information content (AvgIpc) is 2.34. The van der Waals surface area contributed by atoms with Crippen LogP contribution in [0.4, 0.5) is 8.78 Å². The van der Waals surface area contributed by atoms with Crippen molar-refractivity contribution in [1.29, 1.82) is 0 Å². The maximum absolute atomic E-state index is 13.8. The van der Waals surface area contributed by atoms with E-state index in [0.29, 0.717) is 10.5 Å². The monoisotopic (exact) mass is 266 g/mol. The van der Waals surface area contributed by atoms with Crippen molar-refractivity contribution < 1.29 is 13.9 Å². The molecule has 1 atom stereocenters. The zero-order chi connectivity index (χ0) is 13.1. The minimum absolute atomic E-state index is 0.330. The van der Waals surface area contributed by atoms with Gasteiger partial charge in [0.25, 0.3) is 0 Å². The van der Waals surface area contributed by atoms with Crippen LogP contribution in [-0.2, 0) is 0 Å². The average molecular weight is 266 g/mol. The van der Waals surface area contributed by atoms with E-state index in [1.807, 2.05) is 0 Å². The predicted molar refractivity (Wildman–Crippen MR) is 67.6 cm³/mol. The first-order valence-corrected chi connectivity index (χ1v) is 6.29. The number of hydrogen-bond acceptors (Lipinski definition) is 2. The first-order valence-electron chi connectivity index (χ1n) is 5.48. The van der Waals surface area contributed by atoms with E-state index < -0.39 is 6.10 Å². The van der Waals surface area contributed by atoms with Gasteiger partial charge in [-0.15, -0.1) is 0 Å². The molecule has 0 aliphatic rings. The summed E-state index contributed by atoms with van der Waals surface area (Å²) in [5, 5.41) is 9.61. The van der Waals surface area contributed by atoms with Crippen molar-refractivity contribution in [2.45, 2.75) is 22.8 Å². The predicted octanol–water partition coefficient (Wildman–Crippen LogP) is 4.17. The molecule has 0 saturated heterocycles. The van der Waals surface area contributed by atoms with Gasteiger partial charge in [-0.1, -0.05) is 23.9 Å². The van der Waals surface area contributed by atoms with Crippen molar-refractivity contribution in [2.75, 3.05) is 0 Å². The summed E-state index contributed by atoms with van der Waals surface area (Å²) in [7, 11) is 0. The second kappa shape index (κ2) is 5.50. The van der Waals surface area contributed by atoms with Gasteiger partial charge in [-0.25, -0.2) is 8.78 Å². The van der Waals surface area contributed by atoms with E-state index in [9.17, 15) is 13.9 Å². The fourth-order valence-corrected chi connectivity index (χ4v) is 2.61. The molecule has 0 spiro atoms. The maximum atomic E-state index is 13.8. The maximum Gasteiger partial charge on any atom is 0.137 e. The zero-order valence-electron chi connectivity index (χ0n) is 9.73. The van der Waals surface area contributed by atoms with Crippen molar-refractivity contribution in [3.8, 4) is 0 Å². The highest BCUT2D eigenvalue weighted by atomic mass is 32.2. The fraction of sp³-hybridized carbons (Fsp3) is 0.143. The summed E-state index contributed by atoms with van der Waals surface area (Å²) in [4.78, 5) is 1.10. The van der Waals surface area contributed by atoms with Gasteiger partial charge in [-0.3, -0.25) is 0 Å². The van der Waals surface area contributed by atoms with Crippen LogP contribution in [0.25, 0.3) is 0 Å². The molecule has 4 heteroatoms. The molecule has 2 rings (SSSR count). The molecular weight excluding hydrogens is 254 g/mol. The Hall–Kier alpha value is -1.39. The van der Waals surface area contributed by atoms with E-state index in [-0.39, 0.29) is 11.6 Å². The summed E-state index contributed by atoms with van der Waals surface area (Å²) < 4.78 is 26.6. The third kappa shape index (κ3) is 2.89. The highest BCUT2D eigenvalue weighted by molar-refractivity contribution is 7.99. The van der Waals surface area contributed by atoms with Crippen LogP contribution in [0.2, 0.25) is 0 Å². The topological polar surface area (TPSA) is 20.2 Å². The summed E-state index contributed by atoms with van der Waals surface area (Å²) in [6.07, 6.45) is -0.747. The lowest BCUT2D eigenvalue weighted by atomic mass is 10.1. The number of rotatable bonds is 3. The molecule has 0 radical (unpaired) electrons. The van der Waals surface area contributed by atoms with Gasteiger partial charge in [0.15, 0.2) is 0 Å². The minimum Gasteiger partial charge on any atom is -0.389 e. The number of hydrogen-bond donors (Lipinski definition) is 1. The molecule has 2 aromatic rings. The molecule has 0 amide bonds. The van der Waals surface area contributed by atoms with Gasteiger partial charge in [0.1, 0.15) is 11.6 Å². The molecule has 0 aromatic heterocycles. The minimum atomic E-state index is -0.747. The molecule has 18 heavy (non-hydrogen) atoms. The van der Waals surface area contributed by atoms with Crippen LogP contribution in [-0.4, -0.2) is 5.11 Å². The van der Waals surface area contributed by atoms with Gasteiger partial charge < -0.3 is 5.11 Å². The summed E-state index contributed by atoms with van der Waals surface area (Å²) in [5.41, 5.74) is 0.532. The molecule has 0 aliphatic heterocycles. The molecule has 94 valence electrons. The van der Waals surface area contributed by atoms with Crippen molar-refractivity contribution in [3.05, 3.63) is 59.7 Å². The Morgan fingerprint density at radius 2 is 1.72 bits per heavy atom.